The third-order valence-corrected chi connectivity index (χ3v) is 2.15. The van der Waals surface area contributed by atoms with Gasteiger partial charge in [0.1, 0.15) is 0 Å². The van der Waals surface area contributed by atoms with Crippen molar-refractivity contribution in [2.45, 2.75) is 19.9 Å². The molecule has 0 radical (unpaired) electrons. The predicted octanol–water partition coefficient (Wildman–Crippen LogP) is 2.62. The molecule has 0 atom stereocenters. The third kappa shape index (κ3) is 2.90. The molecule has 1 aromatic carbocycles. The second kappa shape index (κ2) is 5.10. The summed E-state index contributed by atoms with van der Waals surface area (Å²) in [6.07, 6.45) is 1.09. The molecule has 3 heteroatoms. The summed E-state index contributed by atoms with van der Waals surface area (Å²) >= 11 is 6.03. The maximum atomic E-state index is 6.03. The van der Waals surface area contributed by atoms with Crippen molar-refractivity contribution in [3.05, 3.63) is 28.8 Å². The van der Waals surface area contributed by atoms with Gasteiger partial charge in [-0.2, -0.15) is 0 Å². The molecule has 0 saturated heterocycles. The Balaban J connectivity index is 2.73. The van der Waals surface area contributed by atoms with Gasteiger partial charge in [0.2, 0.25) is 0 Å². The number of rotatable bonds is 4. The molecule has 1 aromatic rings. The normalized spacial score (nSPS) is 10.1. The van der Waals surface area contributed by atoms with Gasteiger partial charge in [0.05, 0.1) is 10.7 Å². The summed E-state index contributed by atoms with van der Waals surface area (Å²) in [4.78, 5) is 0. The van der Waals surface area contributed by atoms with E-state index >= 15 is 0 Å². The molecule has 0 unspecified atom stereocenters. The fourth-order valence-corrected chi connectivity index (χ4v) is 1.36. The van der Waals surface area contributed by atoms with E-state index in [2.05, 4.69) is 12.2 Å². The number of hydrogen-bond donors (Lipinski definition) is 2. The lowest BCUT2D eigenvalue weighted by atomic mass is 10.2. The topological polar surface area (TPSA) is 38.0 Å². The lowest BCUT2D eigenvalue weighted by Gasteiger charge is -2.07. The van der Waals surface area contributed by atoms with E-state index in [4.69, 9.17) is 17.3 Å². The largest absolute Gasteiger partial charge is 0.384 e. The van der Waals surface area contributed by atoms with E-state index in [1.54, 1.807) is 0 Å². The average molecular weight is 199 g/mol. The van der Waals surface area contributed by atoms with Crippen LogP contribution in [0, 0.1) is 0 Å². The molecule has 0 spiro atoms. The van der Waals surface area contributed by atoms with Gasteiger partial charge in [0.25, 0.3) is 0 Å². The summed E-state index contributed by atoms with van der Waals surface area (Å²) in [7, 11) is 0. The highest BCUT2D eigenvalue weighted by molar-refractivity contribution is 6.33. The Hall–Kier alpha value is -0.730. The zero-order valence-corrected chi connectivity index (χ0v) is 8.56. The van der Waals surface area contributed by atoms with Gasteiger partial charge in [-0.1, -0.05) is 24.6 Å². The quantitative estimate of drug-likeness (QED) is 0.781. The van der Waals surface area contributed by atoms with Crippen LogP contribution in [0.3, 0.4) is 0 Å². The van der Waals surface area contributed by atoms with Crippen LogP contribution in [0.4, 0.5) is 5.69 Å². The van der Waals surface area contributed by atoms with Crippen molar-refractivity contribution in [2.24, 2.45) is 5.73 Å². The Morgan fingerprint density at radius 3 is 2.77 bits per heavy atom. The zero-order valence-electron chi connectivity index (χ0n) is 7.81. The van der Waals surface area contributed by atoms with Gasteiger partial charge >= 0.3 is 0 Å². The first-order valence-corrected chi connectivity index (χ1v) is 4.88. The van der Waals surface area contributed by atoms with Crippen LogP contribution in [-0.2, 0) is 6.54 Å². The minimum atomic E-state index is 0.535. The minimum Gasteiger partial charge on any atom is -0.384 e. The number of nitrogens with two attached hydrogens (primary N) is 1. The van der Waals surface area contributed by atoms with Gasteiger partial charge < -0.3 is 11.1 Å². The zero-order chi connectivity index (χ0) is 9.68. The SMILES string of the molecule is CCCNc1ccc(CN)cc1Cl. The van der Waals surface area contributed by atoms with Gasteiger partial charge in [-0.3, -0.25) is 0 Å². The molecule has 0 fully saturated rings. The van der Waals surface area contributed by atoms with Crippen molar-refractivity contribution >= 4 is 17.3 Å². The van der Waals surface area contributed by atoms with Crippen LogP contribution in [0.25, 0.3) is 0 Å². The van der Waals surface area contributed by atoms with E-state index in [9.17, 15) is 0 Å². The first-order chi connectivity index (χ1) is 6.27. The molecule has 0 aliphatic carbocycles. The van der Waals surface area contributed by atoms with E-state index in [0.717, 1.165) is 29.2 Å². The van der Waals surface area contributed by atoms with Crippen molar-refractivity contribution in [3.63, 3.8) is 0 Å². The Morgan fingerprint density at radius 2 is 2.23 bits per heavy atom. The highest BCUT2D eigenvalue weighted by Crippen LogP contribution is 2.22. The van der Waals surface area contributed by atoms with Crippen LogP contribution in [-0.4, -0.2) is 6.54 Å². The van der Waals surface area contributed by atoms with Crippen LogP contribution in [0.1, 0.15) is 18.9 Å². The van der Waals surface area contributed by atoms with Crippen LogP contribution in [0.15, 0.2) is 18.2 Å². The summed E-state index contributed by atoms with van der Waals surface area (Å²) < 4.78 is 0. The summed E-state index contributed by atoms with van der Waals surface area (Å²) in [5.74, 6) is 0. The van der Waals surface area contributed by atoms with E-state index in [1.807, 2.05) is 18.2 Å². The predicted molar refractivity (Wildman–Crippen MR) is 58.1 cm³/mol. The monoisotopic (exact) mass is 198 g/mol. The second-order valence-electron chi connectivity index (χ2n) is 2.95. The van der Waals surface area contributed by atoms with E-state index in [0.29, 0.717) is 6.54 Å². The number of benzene rings is 1. The van der Waals surface area contributed by atoms with Crippen molar-refractivity contribution < 1.29 is 0 Å². The van der Waals surface area contributed by atoms with Crippen molar-refractivity contribution in [2.75, 3.05) is 11.9 Å². The Kier molecular flexibility index (Phi) is 4.06. The molecule has 0 saturated carbocycles. The molecule has 3 N–H and O–H groups in total. The first-order valence-electron chi connectivity index (χ1n) is 4.50. The highest BCUT2D eigenvalue weighted by atomic mass is 35.5. The molecule has 0 aliphatic heterocycles. The van der Waals surface area contributed by atoms with Crippen molar-refractivity contribution in [3.8, 4) is 0 Å². The fraction of sp³-hybridized carbons (Fsp3) is 0.400. The molecule has 13 heavy (non-hydrogen) atoms. The molecule has 1 rings (SSSR count). The van der Waals surface area contributed by atoms with E-state index < -0.39 is 0 Å². The Bertz CT molecular complexity index is 274. The third-order valence-electron chi connectivity index (χ3n) is 1.83. The summed E-state index contributed by atoms with van der Waals surface area (Å²) in [6.45, 7) is 3.60. The van der Waals surface area contributed by atoms with Crippen LogP contribution < -0.4 is 11.1 Å². The van der Waals surface area contributed by atoms with Gasteiger partial charge in [-0.25, -0.2) is 0 Å². The van der Waals surface area contributed by atoms with Gasteiger partial charge in [0.15, 0.2) is 0 Å². The second-order valence-corrected chi connectivity index (χ2v) is 3.35. The molecule has 0 bridgehead atoms. The maximum Gasteiger partial charge on any atom is 0.0640 e. The van der Waals surface area contributed by atoms with E-state index in [1.165, 1.54) is 0 Å². The highest BCUT2D eigenvalue weighted by Gasteiger charge is 1.99. The minimum absolute atomic E-state index is 0.535. The standard InChI is InChI=1S/C10H15ClN2/c1-2-5-13-10-4-3-8(7-12)6-9(10)11/h3-4,6,13H,2,5,7,12H2,1H3. The molecule has 72 valence electrons. The number of hydrogen-bond acceptors (Lipinski definition) is 2. The summed E-state index contributed by atoms with van der Waals surface area (Å²) in [6, 6.07) is 5.86. The number of nitrogens with one attached hydrogen (secondary N) is 1. The number of halogens is 1. The molecule has 2 nitrogen and oxygen atoms in total. The Labute approximate surface area is 84.1 Å². The number of anilines is 1. The lowest BCUT2D eigenvalue weighted by Crippen LogP contribution is -2.01. The van der Waals surface area contributed by atoms with Gasteiger partial charge in [-0.05, 0) is 24.1 Å². The van der Waals surface area contributed by atoms with E-state index in [-0.39, 0.29) is 0 Å². The van der Waals surface area contributed by atoms with Crippen LogP contribution in [0.5, 0.6) is 0 Å². The fourth-order valence-electron chi connectivity index (χ4n) is 1.09. The molecular weight excluding hydrogens is 184 g/mol. The molecule has 0 aliphatic rings. The lowest BCUT2D eigenvalue weighted by molar-refractivity contribution is 0.978. The summed E-state index contributed by atoms with van der Waals surface area (Å²) in [5.41, 5.74) is 7.54. The average Bonchev–Trinajstić information content (AvgIpc) is 2.16. The Morgan fingerprint density at radius 1 is 1.46 bits per heavy atom. The van der Waals surface area contributed by atoms with Crippen molar-refractivity contribution in [1.82, 2.24) is 0 Å². The smallest absolute Gasteiger partial charge is 0.0640 e. The molecular formula is C10H15ClN2. The molecule has 0 heterocycles. The molecule has 0 amide bonds. The van der Waals surface area contributed by atoms with Gasteiger partial charge in [-0.15, -0.1) is 0 Å². The maximum absolute atomic E-state index is 6.03. The van der Waals surface area contributed by atoms with Crippen LogP contribution >= 0.6 is 11.6 Å². The first kappa shape index (κ1) is 10.4. The van der Waals surface area contributed by atoms with Crippen molar-refractivity contribution in [1.29, 1.82) is 0 Å². The van der Waals surface area contributed by atoms with Gasteiger partial charge in [0, 0.05) is 13.1 Å². The summed E-state index contributed by atoms with van der Waals surface area (Å²) in [5, 5.41) is 3.99. The molecule has 0 aromatic heterocycles. The van der Waals surface area contributed by atoms with Crippen LogP contribution in [0.2, 0.25) is 5.02 Å².